The zero-order valence-corrected chi connectivity index (χ0v) is 20.2. The second-order valence-corrected chi connectivity index (χ2v) is 9.17. The highest BCUT2D eigenvalue weighted by Crippen LogP contribution is 2.31. The van der Waals surface area contributed by atoms with Crippen molar-refractivity contribution in [3.63, 3.8) is 0 Å². The number of ketones is 1. The molecule has 7 nitrogen and oxygen atoms in total. The molecule has 0 radical (unpaired) electrons. The van der Waals surface area contributed by atoms with Crippen molar-refractivity contribution in [2.75, 3.05) is 46.9 Å². The molecule has 7 heteroatoms. The molecule has 1 aliphatic heterocycles. The molecule has 1 saturated carbocycles. The van der Waals surface area contributed by atoms with Crippen molar-refractivity contribution in [2.45, 2.75) is 39.7 Å². The molecule has 0 atom stereocenters. The molecule has 1 aliphatic carbocycles. The number of benzene rings is 1. The van der Waals surface area contributed by atoms with Crippen molar-refractivity contribution in [2.24, 2.45) is 5.92 Å². The number of rotatable bonds is 9. The Morgan fingerprint density at radius 1 is 0.970 bits per heavy atom. The number of Topliss-reactive ketones (excluding diaryl/α,β-unsaturated/α-hetero) is 1. The zero-order chi connectivity index (χ0) is 23.5. The molecular formula is C26H35N3O4. The molecule has 1 aromatic carbocycles. The summed E-state index contributed by atoms with van der Waals surface area (Å²) in [6, 6.07) is 8.00. The maximum Gasteiger partial charge on any atom is 0.225 e. The number of hydrogen-bond donors (Lipinski definition) is 0. The summed E-state index contributed by atoms with van der Waals surface area (Å²) in [6.45, 7) is 8.28. The summed E-state index contributed by atoms with van der Waals surface area (Å²) in [5.74, 6) is 2.18. The van der Waals surface area contributed by atoms with Crippen molar-refractivity contribution in [3.8, 4) is 11.5 Å². The molecule has 1 amide bonds. The number of methoxy groups -OCH3 is 2. The number of piperazine rings is 1. The minimum Gasteiger partial charge on any atom is -0.493 e. The van der Waals surface area contributed by atoms with Gasteiger partial charge in [-0.1, -0.05) is 6.07 Å². The number of aryl methyl sites for hydroxylation is 2. The van der Waals surface area contributed by atoms with Gasteiger partial charge in [0.05, 0.1) is 20.8 Å². The monoisotopic (exact) mass is 453 g/mol. The van der Waals surface area contributed by atoms with Crippen LogP contribution < -0.4 is 9.47 Å². The lowest BCUT2D eigenvalue weighted by Crippen LogP contribution is -2.50. The molecular weight excluding hydrogens is 418 g/mol. The van der Waals surface area contributed by atoms with Crippen LogP contribution in [0.5, 0.6) is 11.5 Å². The SMILES string of the molecule is COc1ccc(CCn2c(C)cc(C(=O)CN3CCN(C(=O)C4CC4)CC3)c2C)cc1OC. The lowest BCUT2D eigenvalue weighted by molar-refractivity contribution is -0.134. The molecule has 0 bridgehead atoms. The highest BCUT2D eigenvalue weighted by atomic mass is 16.5. The topological polar surface area (TPSA) is 64.0 Å². The molecule has 0 N–H and O–H groups in total. The van der Waals surface area contributed by atoms with E-state index in [1.165, 1.54) is 0 Å². The van der Waals surface area contributed by atoms with Gasteiger partial charge in [-0.2, -0.15) is 0 Å². The number of nitrogens with zero attached hydrogens (tertiary/aromatic N) is 3. The van der Waals surface area contributed by atoms with E-state index in [4.69, 9.17) is 9.47 Å². The van der Waals surface area contributed by atoms with Crippen molar-refractivity contribution in [3.05, 3.63) is 46.8 Å². The fraction of sp³-hybridized carbons (Fsp3) is 0.538. The number of aromatic nitrogens is 1. The summed E-state index contributed by atoms with van der Waals surface area (Å²) in [6.07, 6.45) is 2.92. The van der Waals surface area contributed by atoms with E-state index >= 15 is 0 Å². The highest BCUT2D eigenvalue weighted by Gasteiger charge is 2.34. The van der Waals surface area contributed by atoms with Crippen LogP contribution in [0, 0.1) is 19.8 Å². The van der Waals surface area contributed by atoms with Gasteiger partial charge in [-0.3, -0.25) is 14.5 Å². The first-order chi connectivity index (χ1) is 15.9. The second-order valence-electron chi connectivity index (χ2n) is 9.17. The Labute approximate surface area is 196 Å². The van der Waals surface area contributed by atoms with Crippen molar-refractivity contribution >= 4 is 11.7 Å². The fourth-order valence-corrected chi connectivity index (χ4v) is 4.71. The Bertz CT molecular complexity index is 1020. The van der Waals surface area contributed by atoms with Gasteiger partial charge in [0.15, 0.2) is 17.3 Å². The average Bonchev–Trinajstić information content (AvgIpc) is 3.63. The van der Waals surface area contributed by atoms with E-state index in [2.05, 4.69) is 22.5 Å². The molecule has 2 aromatic rings. The molecule has 0 spiro atoms. The highest BCUT2D eigenvalue weighted by molar-refractivity contribution is 5.99. The van der Waals surface area contributed by atoms with Crippen LogP contribution in [0.15, 0.2) is 24.3 Å². The van der Waals surface area contributed by atoms with Crippen LogP contribution in [0.1, 0.15) is 40.2 Å². The molecule has 2 fully saturated rings. The zero-order valence-electron chi connectivity index (χ0n) is 20.2. The van der Waals surface area contributed by atoms with E-state index in [0.29, 0.717) is 12.5 Å². The Morgan fingerprint density at radius 3 is 2.30 bits per heavy atom. The predicted molar refractivity (Wildman–Crippen MR) is 127 cm³/mol. The summed E-state index contributed by atoms with van der Waals surface area (Å²) in [5.41, 5.74) is 4.07. The fourth-order valence-electron chi connectivity index (χ4n) is 4.71. The third kappa shape index (κ3) is 5.24. The Kier molecular flexibility index (Phi) is 7.08. The van der Waals surface area contributed by atoms with Crippen LogP contribution >= 0.6 is 0 Å². The number of hydrogen-bond acceptors (Lipinski definition) is 5. The average molecular weight is 454 g/mol. The first-order valence-electron chi connectivity index (χ1n) is 11.8. The minimum atomic E-state index is 0.155. The summed E-state index contributed by atoms with van der Waals surface area (Å²) in [5, 5.41) is 0. The van der Waals surface area contributed by atoms with E-state index in [9.17, 15) is 9.59 Å². The number of carbonyl (C=O) groups excluding carboxylic acids is 2. The van der Waals surface area contributed by atoms with Gasteiger partial charge >= 0.3 is 0 Å². The van der Waals surface area contributed by atoms with Crippen LogP contribution in [0.3, 0.4) is 0 Å². The Balaban J connectivity index is 1.35. The normalized spacial score (nSPS) is 16.7. The summed E-state index contributed by atoms with van der Waals surface area (Å²) in [4.78, 5) is 29.5. The van der Waals surface area contributed by atoms with Gasteiger partial charge in [-0.25, -0.2) is 0 Å². The van der Waals surface area contributed by atoms with Crippen LogP contribution in [-0.2, 0) is 17.8 Å². The summed E-state index contributed by atoms with van der Waals surface area (Å²) in [7, 11) is 3.28. The van der Waals surface area contributed by atoms with E-state index in [0.717, 1.165) is 86.0 Å². The maximum absolute atomic E-state index is 13.1. The van der Waals surface area contributed by atoms with E-state index in [1.54, 1.807) is 14.2 Å². The Morgan fingerprint density at radius 2 is 1.67 bits per heavy atom. The maximum atomic E-state index is 13.1. The Hall–Kier alpha value is -2.80. The lowest BCUT2D eigenvalue weighted by Gasteiger charge is -2.34. The summed E-state index contributed by atoms with van der Waals surface area (Å²) < 4.78 is 13.0. The molecule has 33 heavy (non-hydrogen) atoms. The van der Waals surface area contributed by atoms with Gasteiger partial charge in [0.1, 0.15) is 0 Å². The van der Waals surface area contributed by atoms with Gasteiger partial charge in [-0.05, 0) is 56.9 Å². The molecule has 1 saturated heterocycles. The quantitative estimate of drug-likeness (QED) is 0.546. The second kappa shape index (κ2) is 10.00. The van der Waals surface area contributed by atoms with E-state index in [1.807, 2.05) is 30.0 Å². The standard InChI is InChI=1S/C26H35N3O4/c1-18-15-22(23(30)17-27-11-13-28(14-12-27)26(31)21-6-7-21)19(2)29(18)10-9-20-5-8-24(32-3)25(16-20)33-4/h5,8,15-16,21H,6-7,9-14,17H2,1-4H3. The van der Waals surface area contributed by atoms with E-state index in [-0.39, 0.29) is 11.7 Å². The van der Waals surface area contributed by atoms with Crippen molar-refractivity contribution < 1.29 is 19.1 Å². The number of carbonyl (C=O) groups is 2. The third-order valence-corrected chi connectivity index (χ3v) is 6.92. The largest absolute Gasteiger partial charge is 0.493 e. The predicted octanol–water partition coefficient (Wildman–Crippen LogP) is 3.10. The van der Waals surface area contributed by atoms with Crippen LogP contribution in [0.2, 0.25) is 0 Å². The molecule has 4 rings (SSSR count). The number of ether oxygens (including phenoxy) is 2. The van der Waals surface area contributed by atoms with Gasteiger partial charge in [0, 0.05) is 55.6 Å². The van der Waals surface area contributed by atoms with Gasteiger partial charge in [0.25, 0.3) is 0 Å². The first kappa shape index (κ1) is 23.4. The van der Waals surface area contributed by atoms with Crippen LogP contribution in [0.4, 0.5) is 0 Å². The van der Waals surface area contributed by atoms with Crippen LogP contribution in [-0.4, -0.2) is 73.0 Å². The van der Waals surface area contributed by atoms with Gasteiger partial charge in [-0.15, -0.1) is 0 Å². The molecule has 2 aliphatic rings. The molecule has 2 heterocycles. The van der Waals surface area contributed by atoms with Gasteiger partial charge < -0.3 is 18.9 Å². The van der Waals surface area contributed by atoms with Crippen LogP contribution in [0.25, 0.3) is 0 Å². The lowest BCUT2D eigenvalue weighted by atomic mass is 10.1. The molecule has 1 aromatic heterocycles. The van der Waals surface area contributed by atoms with Crippen molar-refractivity contribution in [1.29, 1.82) is 0 Å². The number of amides is 1. The third-order valence-electron chi connectivity index (χ3n) is 6.92. The minimum absolute atomic E-state index is 0.155. The van der Waals surface area contributed by atoms with E-state index < -0.39 is 0 Å². The summed E-state index contributed by atoms with van der Waals surface area (Å²) >= 11 is 0. The smallest absolute Gasteiger partial charge is 0.225 e. The van der Waals surface area contributed by atoms with Crippen molar-refractivity contribution in [1.82, 2.24) is 14.4 Å². The van der Waals surface area contributed by atoms with Gasteiger partial charge in [0.2, 0.25) is 5.91 Å². The first-order valence-corrected chi connectivity index (χ1v) is 11.8. The molecule has 0 unspecified atom stereocenters. The molecule has 178 valence electrons.